The average Bonchev–Trinajstić information content (AvgIpc) is 3.45. The molecule has 4 rings (SSSR count). The molecule has 35 heavy (non-hydrogen) atoms. The Morgan fingerprint density at radius 2 is 1.89 bits per heavy atom. The van der Waals surface area contributed by atoms with Crippen LogP contribution in [0.3, 0.4) is 0 Å². The minimum Gasteiger partial charge on any atom is -0.311 e. The maximum Gasteiger partial charge on any atom is 0.240 e. The number of hydrogen-bond acceptors (Lipinski definition) is 7. The number of rotatable bonds is 9. The van der Waals surface area contributed by atoms with Crippen LogP contribution < -0.4 is 14.9 Å². The first kappa shape index (κ1) is 25.0. The maximum absolute atomic E-state index is 12.8. The van der Waals surface area contributed by atoms with Crippen LogP contribution in [-0.4, -0.2) is 43.5 Å². The number of sulfonamides is 1. The molecule has 1 atom stereocenters. The van der Waals surface area contributed by atoms with Gasteiger partial charge in [-0.1, -0.05) is 54.2 Å². The molecule has 0 bridgehead atoms. The summed E-state index contributed by atoms with van der Waals surface area (Å²) in [6.45, 7) is 4.39. The summed E-state index contributed by atoms with van der Waals surface area (Å²) in [4.78, 5) is 27.3. The number of aryl methyl sites for hydroxylation is 2. The van der Waals surface area contributed by atoms with Gasteiger partial charge in [0.05, 0.1) is 10.8 Å². The minimum absolute atomic E-state index is 0.0788. The summed E-state index contributed by atoms with van der Waals surface area (Å²) in [7, 11) is -3.61. The van der Waals surface area contributed by atoms with Crippen molar-refractivity contribution in [1.82, 2.24) is 14.9 Å². The van der Waals surface area contributed by atoms with E-state index in [4.69, 9.17) is 0 Å². The fourth-order valence-electron chi connectivity index (χ4n) is 3.89. The second-order valence-corrected chi connectivity index (χ2v) is 11.2. The van der Waals surface area contributed by atoms with E-state index < -0.39 is 15.9 Å². The first-order valence-corrected chi connectivity index (χ1v) is 13.6. The average molecular weight is 514 g/mol. The van der Waals surface area contributed by atoms with Gasteiger partial charge < -0.3 is 10.2 Å². The zero-order valence-corrected chi connectivity index (χ0v) is 21.2. The van der Waals surface area contributed by atoms with Crippen molar-refractivity contribution in [2.45, 2.75) is 38.0 Å². The normalized spacial score (nSPS) is 16.0. The van der Waals surface area contributed by atoms with Crippen molar-refractivity contribution >= 4 is 44.0 Å². The van der Waals surface area contributed by atoms with E-state index in [-0.39, 0.29) is 29.7 Å². The number of nitrogens with zero attached hydrogens (tertiary/aromatic N) is 3. The third kappa shape index (κ3) is 5.92. The van der Waals surface area contributed by atoms with E-state index in [0.717, 1.165) is 23.2 Å². The summed E-state index contributed by atoms with van der Waals surface area (Å²) < 4.78 is 27.3. The van der Waals surface area contributed by atoms with Gasteiger partial charge in [-0.2, -0.15) is 0 Å². The summed E-state index contributed by atoms with van der Waals surface area (Å²) in [5, 5.41) is 11.7. The number of amides is 2. The van der Waals surface area contributed by atoms with E-state index >= 15 is 0 Å². The maximum atomic E-state index is 12.8. The van der Waals surface area contributed by atoms with Gasteiger partial charge in [-0.15, -0.1) is 10.2 Å². The molecule has 2 heterocycles. The van der Waals surface area contributed by atoms with Gasteiger partial charge in [0.1, 0.15) is 5.01 Å². The number of para-hydroxylation sites is 1. The number of aromatic nitrogens is 2. The van der Waals surface area contributed by atoms with Gasteiger partial charge in [0, 0.05) is 31.6 Å². The monoisotopic (exact) mass is 513 g/mol. The van der Waals surface area contributed by atoms with Crippen molar-refractivity contribution in [2.75, 3.05) is 23.3 Å². The lowest BCUT2D eigenvalue weighted by molar-refractivity contribution is -0.122. The van der Waals surface area contributed by atoms with Crippen molar-refractivity contribution in [3.05, 3.63) is 64.7 Å². The molecule has 1 unspecified atom stereocenters. The minimum atomic E-state index is -3.61. The van der Waals surface area contributed by atoms with E-state index in [1.807, 2.05) is 38.1 Å². The van der Waals surface area contributed by atoms with Crippen LogP contribution in [0.2, 0.25) is 0 Å². The molecule has 11 heteroatoms. The molecule has 0 radical (unpaired) electrons. The summed E-state index contributed by atoms with van der Waals surface area (Å²) >= 11 is 1.18. The lowest BCUT2D eigenvalue weighted by Gasteiger charge is -2.19. The Morgan fingerprint density at radius 3 is 2.63 bits per heavy atom. The number of nitrogens with one attached hydrogen (secondary N) is 2. The predicted molar refractivity (Wildman–Crippen MR) is 135 cm³/mol. The first-order chi connectivity index (χ1) is 16.8. The molecule has 2 aromatic carbocycles. The number of carbonyl (C=O) groups excluding carboxylic acids is 2. The summed E-state index contributed by atoms with van der Waals surface area (Å²) in [6.07, 6.45) is 1.27. The van der Waals surface area contributed by atoms with Crippen molar-refractivity contribution in [3.63, 3.8) is 0 Å². The second-order valence-electron chi connectivity index (χ2n) is 8.34. The first-order valence-electron chi connectivity index (χ1n) is 11.3. The van der Waals surface area contributed by atoms with Gasteiger partial charge in [-0.05, 0) is 37.1 Å². The molecule has 1 aliphatic rings. The summed E-state index contributed by atoms with van der Waals surface area (Å²) in [5.41, 5.74) is 2.89. The van der Waals surface area contributed by atoms with Crippen LogP contribution in [0, 0.1) is 12.8 Å². The number of carbonyl (C=O) groups is 2. The highest BCUT2D eigenvalue weighted by Gasteiger charge is 2.36. The molecule has 3 aromatic rings. The predicted octanol–water partition coefficient (Wildman–Crippen LogP) is 2.92. The molecule has 2 N–H and O–H groups in total. The van der Waals surface area contributed by atoms with E-state index in [1.165, 1.54) is 11.3 Å². The molecular formula is C24H27N5O4S2. The van der Waals surface area contributed by atoms with E-state index in [0.29, 0.717) is 23.1 Å². The molecule has 0 aliphatic carbocycles. The van der Waals surface area contributed by atoms with Crippen molar-refractivity contribution in [1.29, 1.82) is 0 Å². The molecule has 2 amide bonds. The highest BCUT2D eigenvalue weighted by Crippen LogP contribution is 2.29. The Balaban J connectivity index is 1.30. The highest BCUT2D eigenvalue weighted by atomic mass is 32.2. The van der Waals surface area contributed by atoms with Crippen molar-refractivity contribution in [3.8, 4) is 0 Å². The Bertz CT molecular complexity index is 1320. The molecule has 1 saturated heterocycles. The molecule has 184 valence electrons. The zero-order chi connectivity index (χ0) is 25.0. The fourth-order valence-corrected chi connectivity index (χ4v) is 5.67. The molecule has 9 nitrogen and oxygen atoms in total. The van der Waals surface area contributed by atoms with Gasteiger partial charge >= 0.3 is 0 Å². The largest absolute Gasteiger partial charge is 0.311 e. The van der Waals surface area contributed by atoms with Crippen LogP contribution in [0.25, 0.3) is 0 Å². The highest BCUT2D eigenvalue weighted by molar-refractivity contribution is 7.89. The van der Waals surface area contributed by atoms with Crippen molar-refractivity contribution in [2.24, 2.45) is 5.92 Å². The fraction of sp³-hybridized carbons (Fsp3) is 0.333. The molecule has 1 aliphatic heterocycles. The molecule has 0 spiro atoms. The number of anilines is 2. The Labute approximate surface area is 208 Å². The summed E-state index contributed by atoms with van der Waals surface area (Å²) in [5.74, 6) is -0.844. The van der Waals surface area contributed by atoms with Gasteiger partial charge in [0.2, 0.25) is 27.0 Å². The van der Waals surface area contributed by atoms with Crippen LogP contribution in [0.5, 0.6) is 0 Å². The third-order valence-electron chi connectivity index (χ3n) is 5.82. The zero-order valence-electron chi connectivity index (χ0n) is 19.5. The molecule has 0 saturated carbocycles. The third-order valence-corrected chi connectivity index (χ3v) is 8.19. The Morgan fingerprint density at radius 1 is 1.14 bits per heavy atom. The van der Waals surface area contributed by atoms with Gasteiger partial charge in [-0.3, -0.25) is 9.59 Å². The van der Waals surface area contributed by atoms with Gasteiger partial charge in [-0.25, -0.2) is 13.1 Å². The van der Waals surface area contributed by atoms with Crippen LogP contribution in [-0.2, 0) is 32.5 Å². The smallest absolute Gasteiger partial charge is 0.240 e. The van der Waals surface area contributed by atoms with E-state index in [1.54, 1.807) is 29.2 Å². The van der Waals surface area contributed by atoms with Crippen LogP contribution >= 0.6 is 11.3 Å². The van der Waals surface area contributed by atoms with Crippen LogP contribution in [0.4, 0.5) is 10.8 Å². The van der Waals surface area contributed by atoms with E-state index in [2.05, 4.69) is 20.2 Å². The lowest BCUT2D eigenvalue weighted by atomic mass is 10.1. The topological polar surface area (TPSA) is 121 Å². The molecule has 1 fully saturated rings. The van der Waals surface area contributed by atoms with E-state index in [9.17, 15) is 18.0 Å². The van der Waals surface area contributed by atoms with Crippen molar-refractivity contribution < 1.29 is 18.0 Å². The molecular weight excluding hydrogens is 486 g/mol. The quantitative estimate of drug-likeness (QED) is 0.454. The number of hydrogen-bond donors (Lipinski definition) is 2. The molecule has 1 aromatic heterocycles. The van der Waals surface area contributed by atoms with Gasteiger partial charge in [0.25, 0.3) is 0 Å². The SMILES string of the molecule is CCc1ccccc1N1CC(C(=O)Nc2nnc(CCNS(=O)(=O)c3ccc(C)cc3)s2)CC1=O. The Kier molecular flexibility index (Phi) is 7.58. The summed E-state index contributed by atoms with van der Waals surface area (Å²) in [6, 6.07) is 14.3. The van der Waals surface area contributed by atoms with Crippen LogP contribution in [0.15, 0.2) is 53.4 Å². The Hall–Kier alpha value is -3.15. The standard InChI is InChI=1S/C24H27N5O4S2/c1-3-17-6-4-5-7-20(17)29-15-18(14-22(29)30)23(31)26-24-28-27-21(34-24)12-13-25-35(32,33)19-10-8-16(2)9-11-19/h4-11,18,25H,3,12-15H2,1-2H3,(H,26,28,31). The van der Waals surface area contributed by atoms with Gasteiger partial charge in [0.15, 0.2) is 0 Å². The number of benzene rings is 2. The second kappa shape index (κ2) is 10.6. The van der Waals surface area contributed by atoms with Crippen LogP contribution in [0.1, 0.15) is 29.5 Å². The lowest BCUT2D eigenvalue weighted by Crippen LogP contribution is -2.28.